The highest BCUT2D eigenvalue weighted by atomic mass is 35.5. The lowest BCUT2D eigenvalue weighted by atomic mass is 10.2. The Morgan fingerprint density at radius 2 is 2.22 bits per heavy atom. The lowest BCUT2D eigenvalue weighted by molar-refractivity contribution is -0.384. The summed E-state index contributed by atoms with van der Waals surface area (Å²) in [4.78, 5) is 25.2. The first-order valence-corrected chi connectivity index (χ1v) is 5.40. The fraction of sp³-hybridized carbons (Fsp3) is 0.0909. The Morgan fingerprint density at radius 1 is 1.44 bits per heavy atom. The molecule has 6 nitrogen and oxygen atoms in total. The summed E-state index contributed by atoms with van der Waals surface area (Å²) < 4.78 is 1.35. The summed E-state index contributed by atoms with van der Waals surface area (Å²) in [5.74, 6) is 0. The first-order valence-electron chi connectivity index (χ1n) is 5.02. The molecular formula is C11H8ClN3O3. The summed E-state index contributed by atoms with van der Waals surface area (Å²) in [6, 6.07) is 6.04. The molecule has 0 aliphatic rings. The van der Waals surface area contributed by atoms with Gasteiger partial charge in [-0.2, -0.15) is 0 Å². The molecule has 18 heavy (non-hydrogen) atoms. The second kappa shape index (κ2) is 4.97. The Labute approximate surface area is 107 Å². The quantitative estimate of drug-likeness (QED) is 0.627. The summed E-state index contributed by atoms with van der Waals surface area (Å²) >= 11 is 5.70. The maximum absolute atomic E-state index is 11.4. The van der Waals surface area contributed by atoms with Crippen LogP contribution in [-0.2, 0) is 6.54 Å². The van der Waals surface area contributed by atoms with E-state index in [4.69, 9.17) is 11.6 Å². The first kappa shape index (κ1) is 12.3. The fourth-order valence-corrected chi connectivity index (χ4v) is 1.69. The average Bonchev–Trinajstić information content (AvgIpc) is 2.34. The molecule has 2 rings (SSSR count). The van der Waals surface area contributed by atoms with Crippen molar-refractivity contribution in [2.45, 2.75) is 6.54 Å². The minimum Gasteiger partial charge on any atom is -0.295 e. The van der Waals surface area contributed by atoms with Crippen molar-refractivity contribution in [1.82, 2.24) is 9.55 Å². The minimum atomic E-state index is -0.558. The number of hydrogen-bond donors (Lipinski definition) is 0. The maximum Gasteiger partial charge on any atom is 0.347 e. The number of nitrogens with zero attached hydrogens (tertiary/aromatic N) is 3. The largest absolute Gasteiger partial charge is 0.347 e. The zero-order valence-corrected chi connectivity index (χ0v) is 9.87. The van der Waals surface area contributed by atoms with Gasteiger partial charge in [0.2, 0.25) is 0 Å². The van der Waals surface area contributed by atoms with Crippen LogP contribution in [0.25, 0.3) is 0 Å². The van der Waals surface area contributed by atoms with Gasteiger partial charge in [0, 0.05) is 18.5 Å². The molecule has 7 heteroatoms. The van der Waals surface area contributed by atoms with Crippen molar-refractivity contribution < 1.29 is 4.92 Å². The Kier molecular flexibility index (Phi) is 3.38. The molecule has 1 heterocycles. The topological polar surface area (TPSA) is 78.0 Å². The van der Waals surface area contributed by atoms with Crippen LogP contribution in [0.5, 0.6) is 0 Å². The third-order valence-electron chi connectivity index (χ3n) is 2.34. The lowest BCUT2D eigenvalue weighted by Gasteiger charge is -2.04. The summed E-state index contributed by atoms with van der Waals surface area (Å²) in [6.45, 7) is 0.213. The van der Waals surface area contributed by atoms with Crippen LogP contribution in [0.3, 0.4) is 0 Å². The van der Waals surface area contributed by atoms with E-state index in [9.17, 15) is 14.9 Å². The van der Waals surface area contributed by atoms with Crippen molar-refractivity contribution in [1.29, 1.82) is 0 Å². The fourth-order valence-electron chi connectivity index (χ4n) is 1.50. The zero-order chi connectivity index (χ0) is 13.1. The molecule has 2 aromatic rings. The van der Waals surface area contributed by atoms with Crippen LogP contribution in [-0.4, -0.2) is 14.5 Å². The van der Waals surface area contributed by atoms with E-state index in [1.807, 2.05) is 0 Å². The summed E-state index contributed by atoms with van der Waals surface area (Å²) in [6.07, 6.45) is 2.96. The van der Waals surface area contributed by atoms with Crippen molar-refractivity contribution in [3.8, 4) is 0 Å². The molecular weight excluding hydrogens is 258 g/mol. The van der Waals surface area contributed by atoms with Gasteiger partial charge in [-0.3, -0.25) is 14.7 Å². The molecule has 0 aliphatic heterocycles. The van der Waals surface area contributed by atoms with E-state index >= 15 is 0 Å². The van der Waals surface area contributed by atoms with E-state index in [2.05, 4.69) is 4.98 Å². The van der Waals surface area contributed by atoms with Crippen LogP contribution in [0.4, 0.5) is 5.69 Å². The lowest BCUT2D eigenvalue weighted by Crippen LogP contribution is -2.21. The molecule has 0 bridgehead atoms. The van der Waals surface area contributed by atoms with Gasteiger partial charge < -0.3 is 0 Å². The van der Waals surface area contributed by atoms with Gasteiger partial charge in [0.05, 0.1) is 11.5 Å². The van der Waals surface area contributed by atoms with Gasteiger partial charge >= 0.3 is 5.69 Å². The molecule has 0 atom stereocenters. The molecule has 0 N–H and O–H groups in total. The third-order valence-corrected chi connectivity index (χ3v) is 2.66. The monoisotopic (exact) mass is 265 g/mol. The van der Waals surface area contributed by atoms with Gasteiger partial charge in [-0.1, -0.05) is 17.7 Å². The molecule has 0 saturated carbocycles. The Bertz CT molecular complexity index is 654. The molecule has 92 valence electrons. The van der Waals surface area contributed by atoms with Gasteiger partial charge in [-0.05, 0) is 17.7 Å². The predicted octanol–water partition coefficient (Wildman–Crippen LogP) is 1.85. The molecule has 0 aliphatic carbocycles. The number of nitro groups is 1. The van der Waals surface area contributed by atoms with Crippen molar-refractivity contribution in [3.05, 3.63) is 67.8 Å². The van der Waals surface area contributed by atoms with Gasteiger partial charge in [0.25, 0.3) is 5.69 Å². The smallest absolute Gasteiger partial charge is 0.295 e. The highest BCUT2D eigenvalue weighted by Crippen LogP contribution is 2.25. The highest BCUT2D eigenvalue weighted by molar-refractivity contribution is 6.32. The molecule has 0 saturated heterocycles. The number of rotatable bonds is 3. The summed E-state index contributed by atoms with van der Waals surface area (Å²) in [5, 5.41) is 10.8. The second-order valence-electron chi connectivity index (χ2n) is 3.57. The van der Waals surface area contributed by atoms with E-state index in [1.54, 1.807) is 18.3 Å². The molecule has 1 aromatic carbocycles. The molecule has 0 fully saturated rings. The van der Waals surface area contributed by atoms with Crippen molar-refractivity contribution in [2.24, 2.45) is 0 Å². The van der Waals surface area contributed by atoms with Gasteiger partial charge in [-0.25, -0.2) is 9.78 Å². The standard InChI is InChI=1S/C11H8ClN3O3/c12-9-3-2-8(6-10(9)15(17)18)7-14-5-1-4-13-11(14)16/h1-6H,7H2. The van der Waals surface area contributed by atoms with Crippen LogP contribution in [0.2, 0.25) is 5.02 Å². The Balaban J connectivity index is 2.36. The SMILES string of the molecule is O=c1ncccn1Cc1ccc(Cl)c([N+](=O)[O-])c1. The molecule has 0 amide bonds. The Morgan fingerprint density at radius 3 is 2.89 bits per heavy atom. The number of aromatic nitrogens is 2. The van der Waals surface area contributed by atoms with Crippen LogP contribution in [0, 0.1) is 10.1 Å². The van der Waals surface area contributed by atoms with Crippen molar-refractivity contribution >= 4 is 17.3 Å². The van der Waals surface area contributed by atoms with Crippen molar-refractivity contribution in [2.75, 3.05) is 0 Å². The first-order chi connectivity index (χ1) is 8.58. The normalized spacial score (nSPS) is 10.3. The third kappa shape index (κ3) is 2.54. The van der Waals surface area contributed by atoms with E-state index in [-0.39, 0.29) is 17.3 Å². The van der Waals surface area contributed by atoms with Gasteiger partial charge in [0.1, 0.15) is 5.02 Å². The summed E-state index contributed by atoms with van der Waals surface area (Å²) in [5.41, 5.74) is 0.0300. The van der Waals surface area contributed by atoms with Gasteiger partial charge in [-0.15, -0.1) is 0 Å². The van der Waals surface area contributed by atoms with Gasteiger partial charge in [0.15, 0.2) is 0 Å². The highest BCUT2D eigenvalue weighted by Gasteiger charge is 2.12. The second-order valence-corrected chi connectivity index (χ2v) is 3.98. The van der Waals surface area contributed by atoms with Crippen molar-refractivity contribution in [3.63, 3.8) is 0 Å². The van der Waals surface area contributed by atoms with E-state index in [0.29, 0.717) is 5.56 Å². The average molecular weight is 266 g/mol. The minimum absolute atomic E-state index is 0.0716. The summed E-state index contributed by atoms with van der Waals surface area (Å²) in [7, 11) is 0. The van der Waals surface area contributed by atoms with Crippen LogP contribution < -0.4 is 5.69 Å². The van der Waals surface area contributed by atoms with Crippen LogP contribution in [0.1, 0.15) is 5.56 Å². The van der Waals surface area contributed by atoms with Crippen LogP contribution >= 0.6 is 11.6 Å². The molecule has 0 unspecified atom stereocenters. The maximum atomic E-state index is 11.4. The number of nitro benzene ring substituents is 1. The number of hydrogen-bond acceptors (Lipinski definition) is 4. The van der Waals surface area contributed by atoms with E-state index < -0.39 is 10.6 Å². The number of benzene rings is 1. The molecule has 0 radical (unpaired) electrons. The predicted molar refractivity (Wildman–Crippen MR) is 65.7 cm³/mol. The Hall–Kier alpha value is -2.21. The zero-order valence-electron chi connectivity index (χ0n) is 9.12. The van der Waals surface area contributed by atoms with Crippen LogP contribution in [0.15, 0.2) is 41.5 Å². The molecule has 1 aromatic heterocycles. The number of halogens is 1. The molecule has 0 spiro atoms. The van der Waals surface area contributed by atoms with E-state index in [0.717, 1.165) is 0 Å². The van der Waals surface area contributed by atoms with E-state index in [1.165, 1.54) is 22.9 Å².